The zero-order chi connectivity index (χ0) is 15.8. The molecule has 0 saturated carbocycles. The van der Waals surface area contributed by atoms with Crippen molar-refractivity contribution in [1.29, 1.82) is 0 Å². The van der Waals surface area contributed by atoms with Crippen LogP contribution in [0.5, 0.6) is 0 Å². The molecule has 0 aliphatic rings. The summed E-state index contributed by atoms with van der Waals surface area (Å²) in [4.78, 5) is 22.9. The van der Waals surface area contributed by atoms with Gasteiger partial charge in [0.25, 0.3) is 0 Å². The van der Waals surface area contributed by atoms with Gasteiger partial charge in [-0.15, -0.1) is 0 Å². The summed E-state index contributed by atoms with van der Waals surface area (Å²) in [5.41, 5.74) is 7.37. The van der Waals surface area contributed by atoms with E-state index in [-0.39, 0.29) is 18.4 Å². The van der Waals surface area contributed by atoms with Gasteiger partial charge in [-0.05, 0) is 30.0 Å². The van der Waals surface area contributed by atoms with E-state index in [1.165, 1.54) is 0 Å². The number of hydrogen-bond donors (Lipinski definition) is 3. The highest BCUT2D eigenvalue weighted by Crippen LogP contribution is 2.20. The minimum absolute atomic E-state index is 0.0695. The summed E-state index contributed by atoms with van der Waals surface area (Å²) in [6.45, 7) is 4.09. The molecule has 21 heavy (non-hydrogen) atoms. The summed E-state index contributed by atoms with van der Waals surface area (Å²) in [5, 5.41) is 11.8. The molecular weight excluding hydrogens is 268 g/mol. The van der Waals surface area contributed by atoms with Crippen LogP contribution in [-0.4, -0.2) is 23.5 Å². The molecule has 1 aromatic carbocycles. The molecule has 0 heterocycles. The molecule has 4 N–H and O–H groups in total. The molecule has 0 aliphatic carbocycles. The highest BCUT2D eigenvalue weighted by molar-refractivity contribution is 5.78. The number of anilines is 1. The Kier molecular flexibility index (Phi) is 6.72. The van der Waals surface area contributed by atoms with Crippen molar-refractivity contribution >= 4 is 17.6 Å². The van der Waals surface area contributed by atoms with Gasteiger partial charge in [0.15, 0.2) is 0 Å². The van der Waals surface area contributed by atoms with Gasteiger partial charge in [-0.1, -0.05) is 32.4 Å². The van der Waals surface area contributed by atoms with Gasteiger partial charge in [-0.25, -0.2) is 0 Å². The Morgan fingerprint density at radius 2 is 1.90 bits per heavy atom. The molecule has 0 aromatic heterocycles. The first kappa shape index (κ1) is 17.0. The van der Waals surface area contributed by atoms with Crippen molar-refractivity contribution in [3.63, 3.8) is 0 Å². The maximum absolute atomic E-state index is 11.9. The number of nitrogens with one attached hydrogen (secondary N) is 1. The third kappa shape index (κ3) is 5.85. The zero-order valence-corrected chi connectivity index (χ0v) is 12.6. The average Bonchev–Trinajstić information content (AvgIpc) is 2.43. The summed E-state index contributed by atoms with van der Waals surface area (Å²) in [6, 6.07) is 7.44. The maximum atomic E-state index is 11.9. The number of carboxylic acid groups (broad SMARTS) is 1. The van der Waals surface area contributed by atoms with Gasteiger partial charge in [0.2, 0.25) is 5.91 Å². The minimum Gasteiger partial charge on any atom is -0.481 e. The van der Waals surface area contributed by atoms with Gasteiger partial charge in [0, 0.05) is 18.7 Å². The van der Waals surface area contributed by atoms with E-state index in [2.05, 4.69) is 5.32 Å². The summed E-state index contributed by atoms with van der Waals surface area (Å²) >= 11 is 0. The van der Waals surface area contributed by atoms with Crippen molar-refractivity contribution in [2.45, 2.75) is 39.0 Å². The molecule has 116 valence electrons. The normalized spacial score (nSPS) is 13.4. The molecular formula is C16H24N2O3. The predicted octanol–water partition coefficient (Wildman–Crippen LogP) is 2.38. The number of aliphatic carboxylic acids is 1. The van der Waals surface area contributed by atoms with E-state index in [0.717, 1.165) is 12.0 Å². The fraction of sp³-hybridized carbons (Fsp3) is 0.500. The molecule has 0 spiro atoms. The Balaban J connectivity index is 2.45. The van der Waals surface area contributed by atoms with Crippen molar-refractivity contribution < 1.29 is 14.7 Å². The Morgan fingerprint density at radius 1 is 1.29 bits per heavy atom. The van der Waals surface area contributed by atoms with E-state index in [9.17, 15) is 9.59 Å². The van der Waals surface area contributed by atoms with E-state index < -0.39 is 11.9 Å². The second-order valence-electron chi connectivity index (χ2n) is 5.40. The van der Waals surface area contributed by atoms with Crippen LogP contribution in [0.4, 0.5) is 5.69 Å². The van der Waals surface area contributed by atoms with Crippen LogP contribution in [0.25, 0.3) is 0 Å². The largest absolute Gasteiger partial charge is 0.481 e. The molecule has 1 amide bonds. The third-order valence-corrected chi connectivity index (χ3v) is 3.53. The Morgan fingerprint density at radius 3 is 2.43 bits per heavy atom. The van der Waals surface area contributed by atoms with E-state index in [1.807, 2.05) is 38.1 Å². The van der Waals surface area contributed by atoms with Gasteiger partial charge in [-0.3, -0.25) is 9.59 Å². The first-order valence-electron chi connectivity index (χ1n) is 7.29. The van der Waals surface area contributed by atoms with Crippen LogP contribution in [0.15, 0.2) is 24.3 Å². The van der Waals surface area contributed by atoms with Gasteiger partial charge in [0.05, 0.1) is 5.92 Å². The smallest absolute Gasteiger partial charge is 0.308 e. The molecule has 0 bridgehead atoms. The van der Waals surface area contributed by atoms with Crippen molar-refractivity contribution in [2.24, 2.45) is 5.92 Å². The predicted molar refractivity (Wildman–Crippen MR) is 82.9 cm³/mol. The average molecular weight is 292 g/mol. The molecule has 0 aliphatic heterocycles. The van der Waals surface area contributed by atoms with Crippen molar-refractivity contribution in [3.05, 3.63) is 29.8 Å². The Hall–Kier alpha value is -2.04. The Bertz CT molecular complexity index is 471. The van der Waals surface area contributed by atoms with Gasteiger partial charge < -0.3 is 16.2 Å². The summed E-state index contributed by atoms with van der Waals surface area (Å²) in [7, 11) is 0. The number of hydrogen-bond acceptors (Lipinski definition) is 3. The van der Waals surface area contributed by atoms with Crippen LogP contribution < -0.4 is 11.1 Å². The SMILES string of the molecule is CCCC(CNC(=O)CC(C)c1ccc(N)cc1)C(=O)O. The summed E-state index contributed by atoms with van der Waals surface area (Å²) in [5.74, 6) is -1.42. The van der Waals surface area contributed by atoms with Crippen LogP contribution >= 0.6 is 0 Å². The lowest BCUT2D eigenvalue weighted by molar-refractivity contribution is -0.141. The second-order valence-corrected chi connectivity index (χ2v) is 5.40. The zero-order valence-electron chi connectivity index (χ0n) is 12.6. The molecule has 1 rings (SSSR count). The first-order valence-corrected chi connectivity index (χ1v) is 7.29. The maximum Gasteiger partial charge on any atom is 0.308 e. The number of benzene rings is 1. The minimum atomic E-state index is -0.858. The van der Waals surface area contributed by atoms with Crippen LogP contribution in [-0.2, 0) is 9.59 Å². The van der Waals surface area contributed by atoms with Gasteiger partial charge in [-0.2, -0.15) is 0 Å². The highest BCUT2D eigenvalue weighted by Gasteiger charge is 2.18. The van der Waals surface area contributed by atoms with Crippen LogP contribution in [0.3, 0.4) is 0 Å². The molecule has 5 nitrogen and oxygen atoms in total. The first-order chi connectivity index (χ1) is 9.93. The van der Waals surface area contributed by atoms with E-state index in [1.54, 1.807) is 0 Å². The molecule has 5 heteroatoms. The number of carbonyl (C=O) groups is 2. The number of nitrogens with two attached hydrogens (primary N) is 1. The van der Waals surface area contributed by atoms with Crippen LogP contribution in [0.1, 0.15) is 44.6 Å². The molecule has 0 radical (unpaired) electrons. The van der Waals surface area contributed by atoms with Crippen molar-refractivity contribution in [3.8, 4) is 0 Å². The molecule has 2 unspecified atom stereocenters. The Labute approximate surface area is 125 Å². The number of carbonyl (C=O) groups excluding carboxylic acids is 1. The highest BCUT2D eigenvalue weighted by atomic mass is 16.4. The van der Waals surface area contributed by atoms with Crippen LogP contribution in [0.2, 0.25) is 0 Å². The summed E-state index contributed by atoms with van der Waals surface area (Å²) < 4.78 is 0. The van der Waals surface area contributed by atoms with E-state index in [4.69, 9.17) is 10.8 Å². The lowest BCUT2D eigenvalue weighted by Crippen LogP contribution is -2.33. The fourth-order valence-electron chi connectivity index (χ4n) is 2.19. The third-order valence-electron chi connectivity index (χ3n) is 3.53. The number of nitrogen functional groups attached to an aromatic ring is 1. The topological polar surface area (TPSA) is 92.4 Å². The lowest BCUT2D eigenvalue weighted by atomic mass is 9.97. The van der Waals surface area contributed by atoms with E-state index >= 15 is 0 Å². The quantitative estimate of drug-likeness (QED) is 0.641. The molecule has 0 fully saturated rings. The number of rotatable bonds is 8. The second kappa shape index (κ2) is 8.29. The van der Waals surface area contributed by atoms with Gasteiger partial charge in [0.1, 0.15) is 0 Å². The number of amides is 1. The van der Waals surface area contributed by atoms with Crippen molar-refractivity contribution in [1.82, 2.24) is 5.32 Å². The fourth-order valence-corrected chi connectivity index (χ4v) is 2.19. The lowest BCUT2D eigenvalue weighted by Gasteiger charge is -2.15. The standard InChI is InChI=1S/C16H24N2O3/c1-3-4-13(16(20)21)10-18-15(19)9-11(2)12-5-7-14(17)8-6-12/h5-8,11,13H,3-4,9-10,17H2,1-2H3,(H,18,19)(H,20,21). The molecule has 0 saturated heterocycles. The van der Waals surface area contributed by atoms with Gasteiger partial charge >= 0.3 is 5.97 Å². The van der Waals surface area contributed by atoms with Crippen molar-refractivity contribution in [2.75, 3.05) is 12.3 Å². The number of carboxylic acids is 1. The molecule has 1 aromatic rings. The monoisotopic (exact) mass is 292 g/mol. The molecule has 2 atom stereocenters. The van der Waals surface area contributed by atoms with E-state index in [0.29, 0.717) is 18.5 Å². The summed E-state index contributed by atoms with van der Waals surface area (Å²) in [6.07, 6.45) is 1.69. The van der Waals surface area contributed by atoms with Crippen LogP contribution in [0, 0.1) is 5.92 Å².